The van der Waals surface area contributed by atoms with Crippen LogP contribution < -0.4 is 5.32 Å². The van der Waals surface area contributed by atoms with E-state index in [0.717, 1.165) is 21.1 Å². The van der Waals surface area contributed by atoms with Crippen LogP contribution in [0, 0.1) is 3.77 Å². The average Bonchev–Trinajstić information content (AvgIpc) is 2.85. The molecule has 0 spiro atoms. The van der Waals surface area contributed by atoms with E-state index in [2.05, 4.69) is 46.7 Å². The minimum atomic E-state index is -0.119. The van der Waals surface area contributed by atoms with E-state index in [9.17, 15) is 0 Å². The Morgan fingerprint density at radius 2 is 2.31 bits per heavy atom. The highest BCUT2D eigenvalue weighted by atomic mass is 127. The SMILES string of the molecule is CC(C)(NCc1ccc(I)o1)c1nccs1. The number of furan rings is 1. The van der Waals surface area contributed by atoms with Gasteiger partial charge in [0.25, 0.3) is 0 Å². The predicted molar refractivity (Wildman–Crippen MR) is 73.4 cm³/mol. The third-order valence-electron chi connectivity index (χ3n) is 2.30. The van der Waals surface area contributed by atoms with Crippen molar-refractivity contribution in [2.45, 2.75) is 25.9 Å². The lowest BCUT2D eigenvalue weighted by atomic mass is 10.1. The fourth-order valence-corrected chi connectivity index (χ4v) is 2.56. The van der Waals surface area contributed by atoms with Gasteiger partial charge in [-0.25, -0.2) is 4.98 Å². The Hall–Kier alpha value is -0.400. The highest BCUT2D eigenvalue weighted by molar-refractivity contribution is 14.1. The first-order valence-corrected chi connectivity index (χ1v) is 6.93. The van der Waals surface area contributed by atoms with E-state index in [-0.39, 0.29) is 5.54 Å². The Kier molecular flexibility index (Phi) is 3.66. The molecule has 2 aromatic rings. The van der Waals surface area contributed by atoms with E-state index in [0.29, 0.717) is 0 Å². The van der Waals surface area contributed by atoms with Crippen molar-refractivity contribution in [2.24, 2.45) is 0 Å². The Morgan fingerprint density at radius 3 is 2.88 bits per heavy atom. The summed E-state index contributed by atoms with van der Waals surface area (Å²) in [4.78, 5) is 4.33. The van der Waals surface area contributed by atoms with Crippen LogP contribution in [0.15, 0.2) is 28.1 Å². The number of halogens is 1. The third kappa shape index (κ3) is 2.83. The minimum absolute atomic E-state index is 0.119. The van der Waals surface area contributed by atoms with Crippen molar-refractivity contribution in [3.05, 3.63) is 38.2 Å². The van der Waals surface area contributed by atoms with Gasteiger partial charge in [0.15, 0.2) is 3.77 Å². The fourth-order valence-electron chi connectivity index (χ4n) is 1.36. The Bertz CT molecular complexity index is 450. The molecule has 2 aromatic heterocycles. The molecule has 0 fully saturated rings. The third-order valence-corrected chi connectivity index (χ3v) is 3.98. The first-order valence-electron chi connectivity index (χ1n) is 4.97. The van der Waals surface area contributed by atoms with Gasteiger partial charge in [0.05, 0.1) is 12.1 Å². The lowest BCUT2D eigenvalue weighted by Crippen LogP contribution is -2.35. The summed E-state index contributed by atoms with van der Waals surface area (Å²) in [6, 6.07) is 3.96. The Labute approximate surface area is 112 Å². The van der Waals surface area contributed by atoms with Gasteiger partial charge >= 0.3 is 0 Å². The molecule has 3 nitrogen and oxygen atoms in total. The van der Waals surface area contributed by atoms with Crippen LogP contribution in [0.3, 0.4) is 0 Å². The van der Waals surface area contributed by atoms with E-state index in [1.54, 1.807) is 11.3 Å². The summed E-state index contributed by atoms with van der Waals surface area (Å²) in [5, 5.41) is 6.53. The number of rotatable bonds is 4. The largest absolute Gasteiger partial charge is 0.454 e. The molecule has 0 amide bonds. The zero-order chi connectivity index (χ0) is 11.6. The second-order valence-corrected chi connectivity index (χ2v) is 5.98. The number of aromatic nitrogens is 1. The Morgan fingerprint density at radius 1 is 1.50 bits per heavy atom. The molecule has 0 unspecified atom stereocenters. The normalized spacial score (nSPS) is 11.9. The molecule has 86 valence electrons. The summed E-state index contributed by atoms with van der Waals surface area (Å²) in [6.07, 6.45) is 1.83. The van der Waals surface area contributed by atoms with Gasteiger partial charge in [-0.05, 0) is 48.6 Å². The van der Waals surface area contributed by atoms with Crippen molar-refractivity contribution in [3.63, 3.8) is 0 Å². The highest BCUT2D eigenvalue weighted by Crippen LogP contribution is 2.22. The molecule has 1 N–H and O–H groups in total. The smallest absolute Gasteiger partial charge is 0.164 e. The van der Waals surface area contributed by atoms with Crippen molar-refractivity contribution in [3.8, 4) is 0 Å². The zero-order valence-electron chi connectivity index (χ0n) is 9.16. The zero-order valence-corrected chi connectivity index (χ0v) is 12.1. The molecule has 0 atom stereocenters. The number of thiazole rings is 1. The highest BCUT2D eigenvalue weighted by Gasteiger charge is 2.22. The second kappa shape index (κ2) is 4.85. The van der Waals surface area contributed by atoms with Crippen molar-refractivity contribution in [2.75, 3.05) is 0 Å². The molecule has 16 heavy (non-hydrogen) atoms. The molecule has 0 saturated carbocycles. The van der Waals surface area contributed by atoms with E-state index in [1.165, 1.54) is 0 Å². The maximum atomic E-state index is 5.50. The lowest BCUT2D eigenvalue weighted by Gasteiger charge is -2.23. The van der Waals surface area contributed by atoms with Gasteiger partial charge in [-0.1, -0.05) is 0 Å². The van der Waals surface area contributed by atoms with Crippen molar-refractivity contribution >= 4 is 33.9 Å². The molecule has 5 heteroatoms. The van der Waals surface area contributed by atoms with Crippen molar-refractivity contribution in [1.82, 2.24) is 10.3 Å². The molecule has 0 aliphatic carbocycles. The summed E-state index contributed by atoms with van der Waals surface area (Å²) >= 11 is 3.83. The summed E-state index contributed by atoms with van der Waals surface area (Å²) < 4.78 is 6.42. The fraction of sp³-hybridized carbons (Fsp3) is 0.364. The van der Waals surface area contributed by atoms with Crippen molar-refractivity contribution < 1.29 is 4.42 Å². The topological polar surface area (TPSA) is 38.1 Å². The molecule has 0 radical (unpaired) electrons. The monoisotopic (exact) mass is 348 g/mol. The Balaban J connectivity index is 2.00. The second-order valence-electron chi connectivity index (χ2n) is 4.02. The van der Waals surface area contributed by atoms with Gasteiger partial charge < -0.3 is 4.42 Å². The van der Waals surface area contributed by atoms with E-state index < -0.39 is 0 Å². The maximum absolute atomic E-state index is 5.50. The van der Waals surface area contributed by atoms with Gasteiger partial charge in [-0.3, -0.25) is 5.32 Å². The van der Waals surface area contributed by atoms with Crippen LogP contribution in [-0.4, -0.2) is 4.98 Å². The molecule has 0 aliphatic rings. The molecule has 2 rings (SSSR count). The van der Waals surface area contributed by atoms with Crippen LogP contribution in [0.25, 0.3) is 0 Å². The van der Waals surface area contributed by atoms with Crippen LogP contribution >= 0.6 is 33.9 Å². The first-order chi connectivity index (χ1) is 7.58. The number of hydrogen-bond acceptors (Lipinski definition) is 4. The average molecular weight is 348 g/mol. The molecule has 2 heterocycles. The van der Waals surface area contributed by atoms with Crippen LogP contribution in [0.1, 0.15) is 24.6 Å². The van der Waals surface area contributed by atoms with E-state index in [4.69, 9.17) is 4.42 Å². The molecule has 0 bridgehead atoms. The quantitative estimate of drug-likeness (QED) is 0.861. The molecular weight excluding hydrogens is 335 g/mol. The van der Waals surface area contributed by atoms with Crippen LogP contribution in [0.5, 0.6) is 0 Å². The number of hydrogen-bond donors (Lipinski definition) is 1. The lowest BCUT2D eigenvalue weighted by molar-refractivity contribution is 0.365. The minimum Gasteiger partial charge on any atom is -0.454 e. The van der Waals surface area contributed by atoms with Crippen molar-refractivity contribution in [1.29, 1.82) is 0 Å². The maximum Gasteiger partial charge on any atom is 0.164 e. The van der Waals surface area contributed by atoms with Gasteiger partial charge in [0.1, 0.15) is 10.8 Å². The standard InChI is InChI=1S/C11H13IN2OS/c1-11(2,10-13-5-6-16-10)14-7-8-3-4-9(12)15-8/h3-6,14H,7H2,1-2H3. The van der Waals surface area contributed by atoms with Gasteiger partial charge in [0.2, 0.25) is 0 Å². The van der Waals surface area contributed by atoms with Crippen LogP contribution in [-0.2, 0) is 12.1 Å². The van der Waals surface area contributed by atoms with Gasteiger partial charge in [-0.2, -0.15) is 0 Å². The number of nitrogens with zero attached hydrogens (tertiary/aromatic N) is 1. The molecular formula is C11H13IN2OS. The summed E-state index contributed by atoms with van der Waals surface area (Å²) in [5.41, 5.74) is -0.119. The van der Waals surface area contributed by atoms with Gasteiger partial charge in [-0.15, -0.1) is 11.3 Å². The molecule has 0 aromatic carbocycles. The summed E-state index contributed by atoms with van der Waals surface area (Å²) in [7, 11) is 0. The summed E-state index contributed by atoms with van der Waals surface area (Å²) in [6.45, 7) is 4.97. The first kappa shape index (κ1) is 12.1. The van der Waals surface area contributed by atoms with Gasteiger partial charge in [0, 0.05) is 11.6 Å². The molecule has 0 aliphatic heterocycles. The van der Waals surface area contributed by atoms with E-state index >= 15 is 0 Å². The number of nitrogens with one attached hydrogen (secondary N) is 1. The predicted octanol–water partition coefficient (Wildman–Crippen LogP) is 3.37. The molecule has 0 saturated heterocycles. The van der Waals surface area contributed by atoms with Crippen LogP contribution in [0.2, 0.25) is 0 Å². The van der Waals surface area contributed by atoms with Crippen LogP contribution in [0.4, 0.5) is 0 Å². The van der Waals surface area contributed by atoms with E-state index in [1.807, 2.05) is 23.7 Å². The summed E-state index contributed by atoms with van der Waals surface area (Å²) in [5.74, 6) is 0.953.